The molecule has 0 saturated heterocycles. The number of ether oxygens (including phenoxy) is 1. The van der Waals surface area contributed by atoms with Crippen molar-refractivity contribution in [2.75, 3.05) is 25.6 Å². The second-order valence-electron chi connectivity index (χ2n) is 4.36. The van der Waals surface area contributed by atoms with Crippen molar-refractivity contribution < 1.29 is 14.3 Å². The van der Waals surface area contributed by atoms with Crippen molar-refractivity contribution in [3.63, 3.8) is 0 Å². The Balaban J connectivity index is 2.47. The van der Waals surface area contributed by atoms with E-state index in [1.54, 1.807) is 25.4 Å². The maximum atomic E-state index is 12.0. The van der Waals surface area contributed by atoms with E-state index in [0.29, 0.717) is 18.1 Å². The van der Waals surface area contributed by atoms with Gasteiger partial charge < -0.3 is 15.0 Å². The number of carbonyl (C=O) groups excluding carboxylic acids is 2. The van der Waals surface area contributed by atoms with Gasteiger partial charge in [0, 0.05) is 32.5 Å². The molecule has 0 atom stereocenters. The first-order valence-electron chi connectivity index (χ1n) is 6.61. The molecule has 0 unspecified atom stereocenters. The Morgan fingerprint density at radius 2 is 2.10 bits per heavy atom. The highest BCUT2D eigenvalue weighted by Crippen LogP contribution is 2.15. The van der Waals surface area contributed by atoms with Crippen LogP contribution in [0, 0.1) is 0 Å². The summed E-state index contributed by atoms with van der Waals surface area (Å²) in [6, 6.07) is 3.44. The van der Waals surface area contributed by atoms with Crippen LogP contribution in [0.2, 0.25) is 0 Å². The SMILES string of the molecule is CCCNC(=O)CCC(=O)N(C)c1ccc(OC)nc1. The van der Waals surface area contributed by atoms with Gasteiger partial charge in [-0.3, -0.25) is 9.59 Å². The molecular formula is C14H21N3O3. The highest BCUT2D eigenvalue weighted by molar-refractivity contribution is 5.94. The van der Waals surface area contributed by atoms with E-state index in [9.17, 15) is 9.59 Å². The fourth-order valence-corrected chi connectivity index (χ4v) is 1.58. The minimum absolute atomic E-state index is 0.0959. The summed E-state index contributed by atoms with van der Waals surface area (Å²) in [4.78, 5) is 28.9. The molecular weight excluding hydrogens is 258 g/mol. The van der Waals surface area contributed by atoms with Gasteiger partial charge in [-0.05, 0) is 12.5 Å². The van der Waals surface area contributed by atoms with Crippen molar-refractivity contribution in [1.82, 2.24) is 10.3 Å². The molecule has 110 valence electrons. The predicted molar refractivity (Wildman–Crippen MR) is 76.7 cm³/mol. The van der Waals surface area contributed by atoms with Gasteiger partial charge in [0.25, 0.3) is 0 Å². The third-order valence-corrected chi connectivity index (χ3v) is 2.83. The summed E-state index contributed by atoms with van der Waals surface area (Å²) in [6.45, 7) is 2.63. The zero-order valence-electron chi connectivity index (χ0n) is 12.2. The Bertz CT molecular complexity index is 445. The molecule has 1 aromatic heterocycles. The smallest absolute Gasteiger partial charge is 0.227 e. The second-order valence-corrected chi connectivity index (χ2v) is 4.36. The van der Waals surface area contributed by atoms with E-state index >= 15 is 0 Å². The van der Waals surface area contributed by atoms with Gasteiger partial charge in [-0.1, -0.05) is 6.92 Å². The summed E-state index contributed by atoms with van der Waals surface area (Å²) in [5.74, 6) is 0.276. The number of nitrogens with zero attached hydrogens (tertiary/aromatic N) is 2. The number of nitrogens with one attached hydrogen (secondary N) is 1. The van der Waals surface area contributed by atoms with Crippen LogP contribution in [0.1, 0.15) is 26.2 Å². The number of hydrogen-bond donors (Lipinski definition) is 1. The second kappa shape index (κ2) is 8.14. The molecule has 0 aliphatic carbocycles. The van der Waals surface area contributed by atoms with E-state index in [0.717, 1.165) is 6.42 Å². The van der Waals surface area contributed by atoms with E-state index in [1.165, 1.54) is 12.0 Å². The standard InChI is InChI=1S/C14H21N3O3/c1-4-9-15-12(18)6-8-14(19)17(2)11-5-7-13(20-3)16-10-11/h5,7,10H,4,6,8-9H2,1-3H3,(H,15,18). The summed E-state index contributed by atoms with van der Waals surface area (Å²) in [7, 11) is 3.20. The van der Waals surface area contributed by atoms with Crippen LogP contribution in [0.4, 0.5) is 5.69 Å². The lowest BCUT2D eigenvalue weighted by Crippen LogP contribution is -2.29. The average Bonchev–Trinajstić information content (AvgIpc) is 2.49. The van der Waals surface area contributed by atoms with Crippen LogP contribution < -0.4 is 15.0 Å². The van der Waals surface area contributed by atoms with Crippen molar-refractivity contribution >= 4 is 17.5 Å². The fourth-order valence-electron chi connectivity index (χ4n) is 1.58. The van der Waals surface area contributed by atoms with E-state index in [2.05, 4.69) is 10.3 Å². The molecule has 0 radical (unpaired) electrons. The Morgan fingerprint density at radius 1 is 1.35 bits per heavy atom. The summed E-state index contributed by atoms with van der Waals surface area (Å²) in [5.41, 5.74) is 0.671. The summed E-state index contributed by atoms with van der Waals surface area (Å²) in [6.07, 6.45) is 2.83. The van der Waals surface area contributed by atoms with E-state index in [-0.39, 0.29) is 24.7 Å². The molecule has 1 aromatic rings. The lowest BCUT2D eigenvalue weighted by atomic mass is 10.2. The van der Waals surface area contributed by atoms with E-state index < -0.39 is 0 Å². The molecule has 0 fully saturated rings. The van der Waals surface area contributed by atoms with Crippen molar-refractivity contribution in [3.8, 4) is 5.88 Å². The van der Waals surface area contributed by atoms with Crippen LogP contribution in [-0.4, -0.2) is 37.5 Å². The molecule has 1 heterocycles. The molecule has 6 nitrogen and oxygen atoms in total. The lowest BCUT2D eigenvalue weighted by Gasteiger charge is -2.17. The fraction of sp³-hybridized carbons (Fsp3) is 0.500. The normalized spacial score (nSPS) is 9.95. The molecule has 1 rings (SSSR count). The predicted octanol–water partition coefficient (Wildman–Crippen LogP) is 1.36. The maximum absolute atomic E-state index is 12.0. The third-order valence-electron chi connectivity index (χ3n) is 2.83. The van der Waals surface area contributed by atoms with Crippen molar-refractivity contribution in [1.29, 1.82) is 0 Å². The van der Waals surface area contributed by atoms with Crippen molar-refractivity contribution in [2.24, 2.45) is 0 Å². The number of anilines is 1. The molecule has 1 N–H and O–H groups in total. The quantitative estimate of drug-likeness (QED) is 0.818. The van der Waals surface area contributed by atoms with Gasteiger partial charge in [-0.2, -0.15) is 0 Å². The summed E-state index contributed by atoms with van der Waals surface area (Å²) >= 11 is 0. The molecule has 0 spiro atoms. The Morgan fingerprint density at radius 3 is 2.65 bits per heavy atom. The zero-order chi connectivity index (χ0) is 15.0. The zero-order valence-corrected chi connectivity index (χ0v) is 12.2. The third kappa shape index (κ3) is 4.87. The molecule has 20 heavy (non-hydrogen) atoms. The Kier molecular flexibility index (Phi) is 6.49. The first-order valence-corrected chi connectivity index (χ1v) is 6.61. The van der Waals surface area contributed by atoms with Gasteiger partial charge in [0.1, 0.15) is 0 Å². The molecule has 2 amide bonds. The molecule has 0 bridgehead atoms. The number of rotatable bonds is 7. The molecule has 0 saturated carbocycles. The Labute approximate surface area is 119 Å². The minimum atomic E-state index is -0.122. The number of aromatic nitrogens is 1. The molecule has 6 heteroatoms. The van der Waals surface area contributed by atoms with E-state index in [1.807, 2.05) is 6.92 Å². The number of pyridine rings is 1. The van der Waals surface area contributed by atoms with Crippen molar-refractivity contribution in [2.45, 2.75) is 26.2 Å². The van der Waals surface area contributed by atoms with Gasteiger partial charge in [0.05, 0.1) is 19.0 Å². The number of amides is 2. The van der Waals surface area contributed by atoms with Crippen LogP contribution in [0.25, 0.3) is 0 Å². The maximum Gasteiger partial charge on any atom is 0.227 e. The highest BCUT2D eigenvalue weighted by atomic mass is 16.5. The highest BCUT2D eigenvalue weighted by Gasteiger charge is 2.13. The average molecular weight is 279 g/mol. The van der Waals surface area contributed by atoms with Crippen LogP contribution in [0.3, 0.4) is 0 Å². The summed E-state index contributed by atoms with van der Waals surface area (Å²) < 4.78 is 4.96. The molecule has 0 aromatic carbocycles. The van der Waals surface area contributed by atoms with E-state index in [4.69, 9.17) is 4.74 Å². The monoisotopic (exact) mass is 279 g/mol. The summed E-state index contributed by atoms with van der Waals surface area (Å²) in [5, 5.41) is 2.74. The minimum Gasteiger partial charge on any atom is -0.481 e. The first kappa shape index (κ1) is 15.9. The van der Waals surface area contributed by atoms with Gasteiger partial charge in [0.15, 0.2) is 0 Å². The largest absolute Gasteiger partial charge is 0.481 e. The molecule has 0 aliphatic heterocycles. The lowest BCUT2D eigenvalue weighted by molar-refractivity contribution is -0.125. The molecule has 0 aliphatic rings. The van der Waals surface area contributed by atoms with Crippen LogP contribution in [-0.2, 0) is 9.59 Å². The Hall–Kier alpha value is -2.11. The van der Waals surface area contributed by atoms with Crippen LogP contribution in [0.5, 0.6) is 5.88 Å². The number of hydrogen-bond acceptors (Lipinski definition) is 4. The van der Waals surface area contributed by atoms with Gasteiger partial charge in [-0.15, -0.1) is 0 Å². The van der Waals surface area contributed by atoms with Crippen molar-refractivity contribution in [3.05, 3.63) is 18.3 Å². The first-order chi connectivity index (χ1) is 9.58. The van der Waals surface area contributed by atoms with Crippen LogP contribution in [0.15, 0.2) is 18.3 Å². The van der Waals surface area contributed by atoms with Gasteiger partial charge >= 0.3 is 0 Å². The topological polar surface area (TPSA) is 71.5 Å². The van der Waals surface area contributed by atoms with Crippen LogP contribution >= 0.6 is 0 Å². The van der Waals surface area contributed by atoms with Gasteiger partial charge in [0.2, 0.25) is 17.7 Å². The van der Waals surface area contributed by atoms with Gasteiger partial charge in [-0.25, -0.2) is 4.98 Å². The number of methoxy groups -OCH3 is 1. The number of carbonyl (C=O) groups is 2.